The standard InChI is InChI=1S/C14H15ClN2O3/c1-3-7-17(8-4-2)14(20)16-12-9-10(15)5-6-11(12)13(18)19/h1,5-6,9H,4,7-8H2,2H3,(H,16,20)(H,18,19). The second kappa shape index (κ2) is 7.41. The number of amides is 2. The molecule has 2 amide bonds. The van der Waals surface area contributed by atoms with Gasteiger partial charge in [-0.15, -0.1) is 6.42 Å². The number of aromatic carboxylic acids is 1. The van der Waals surface area contributed by atoms with Gasteiger partial charge in [0.2, 0.25) is 0 Å². The summed E-state index contributed by atoms with van der Waals surface area (Å²) < 4.78 is 0. The fourth-order valence-electron chi connectivity index (χ4n) is 1.63. The Morgan fingerprint density at radius 3 is 2.75 bits per heavy atom. The van der Waals surface area contributed by atoms with Crippen LogP contribution >= 0.6 is 11.6 Å². The number of hydrogen-bond acceptors (Lipinski definition) is 2. The summed E-state index contributed by atoms with van der Waals surface area (Å²) in [5.74, 6) is 1.25. The molecular weight excluding hydrogens is 280 g/mol. The number of anilines is 1. The van der Waals surface area contributed by atoms with Crippen molar-refractivity contribution in [2.24, 2.45) is 0 Å². The van der Waals surface area contributed by atoms with Crippen molar-refractivity contribution in [1.82, 2.24) is 4.90 Å². The zero-order valence-electron chi connectivity index (χ0n) is 11.0. The molecule has 0 aliphatic rings. The van der Waals surface area contributed by atoms with E-state index in [-0.39, 0.29) is 17.8 Å². The number of halogens is 1. The van der Waals surface area contributed by atoms with Crippen molar-refractivity contribution in [3.8, 4) is 12.3 Å². The molecular formula is C14H15ClN2O3. The van der Waals surface area contributed by atoms with E-state index < -0.39 is 12.0 Å². The first-order valence-electron chi connectivity index (χ1n) is 6.01. The Morgan fingerprint density at radius 2 is 2.20 bits per heavy atom. The van der Waals surface area contributed by atoms with E-state index >= 15 is 0 Å². The lowest BCUT2D eigenvalue weighted by molar-refractivity contribution is 0.0698. The maximum atomic E-state index is 12.1. The maximum Gasteiger partial charge on any atom is 0.337 e. The SMILES string of the molecule is C#CCN(CCC)C(=O)Nc1cc(Cl)ccc1C(=O)O. The molecule has 2 N–H and O–H groups in total. The van der Waals surface area contributed by atoms with Gasteiger partial charge in [0.1, 0.15) is 0 Å². The summed E-state index contributed by atoms with van der Waals surface area (Å²) in [6.45, 7) is 2.56. The van der Waals surface area contributed by atoms with Gasteiger partial charge < -0.3 is 15.3 Å². The van der Waals surface area contributed by atoms with Gasteiger partial charge in [-0.05, 0) is 24.6 Å². The fourth-order valence-corrected chi connectivity index (χ4v) is 1.81. The molecule has 0 saturated carbocycles. The van der Waals surface area contributed by atoms with Crippen LogP contribution in [0.5, 0.6) is 0 Å². The molecule has 0 aliphatic carbocycles. The number of carboxylic acid groups (broad SMARTS) is 1. The summed E-state index contributed by atoms with van der Waals surface area (Å²) in [6, 6.07) is 3.73. The lowest BCUT2D eigenvalue weighted by Gasteiger charge is -2.20. The molecule has 0 atom stereocenters. The molecule has 6 heteroatoms. The second-order valence-corrected chi connectivity index (χ2v) is 4.49. The molecule has 1 rings (SSSR count). The normalized spacial score (nSPS) is 9.65. The van der Waals surface area contributed by atoms with Crippen molar-refractivity contribution in [3.63, 3.8) is 0 Å². The monoisotopic (exact) mass is 294 g/mol. The highest BCUT2D eigenvalue weighted by molar-refractivity contribution is 6.31. The van der Waals surface area contributed by atoms with Crippen LogP contribution in [-0.4, -0.2) is 35.1 Å². The van der Waals surface area contributed by atoms with Crippen molar-refractivity contribution in [1.29, 1.82) is 0 Å². The first-order chi connectivity index (χ1) is 9.49. The summed E-state index contributed by atoms with van der Waals surface area (Å²) in [7, 11) is 0. The number of rotatable bonds is 5. The smallest absolute Gasteiger partial charge is 0.337 e. The number of terminal acetylenes is 1. The van der Waals surface area contributed by atoms with E-state index in [1.54, 1.807) is 0 Å². The van der Waals surface area contributed by atoms with Crippen LogP contribution < -0.4 is 5.32 Å². The molecule has 106 valence electrons. The molecule has 0 unspecified atom stereocenters. The van der Waals surface area contributed by atoms with Gasteiger partial charge >= 0.3 is 12.0 Å². The third-order valence-electron chi connectivity index (χ3n) is 2.52. The van der Waals surface area contributed by atoms with Crippen molar-refractivity contribution >= 4 is 29.3 Å². The van der Waals surface area contributed by atoms with Gasteiger partial charge in [0, 0.05) is 11.6 Å². The van der Waals surface area contributed by atoms with Crippen molar-refractivity contribution in [2.75, 3.05) is 18.4 Å². The predicted octanol–water partition coefficient (Wildman–Crippen LogP) is 2.92. The molecule has 5 nitrogen and oxygen atoms in total. The maximum absolute atomic E-state index is 12.1. The van der Waals surface area contributed by atoms with Crippen LogP contribution in [-0.2, 0) is 0 Å². The third kappa shape index (κ3) is 4.18. The van der Waals surface area contributed by atoms with Gasteiger partial charge in [-0.1, -0.05) is 24.4 Å². The van der Waals surface area contributed by atoms with Crippen LogP contribution in [0.3, 0.4) is 0 Å². The van der Waals surface area contributed by atoms with Gasteiger partial charge in [0.15, 0.2) is 0 Å². The van der Waals surface area contributed by atoms with Crippen molar-refractivity contribution in [2.45, 2.75) is 13.3 Å². The highest BCUT2D eigenvalue weighted by atomic mass is 35.5. The predicted molar refractivity (Wildman–Crippen MR) is 78.1 cm³/mol. The van der Waals surface area contributed by atoms with Gasteiger partial charge in [0.25, 0.3) is 0 Å². The second-order valence-electron chi connectivity index (χ2n) is 4.05. The van der Waals surface area contributed by atoms with Gasteiger partial charge in [-0.25, -0.2) is 9.59 Å². The van der Waals surface area contributed by atoms with E-state index in [0.717, 1.165) is 6.42 Å². The first kappa shape index (κ1) is 15.9. The largest absolute Gasteiger partial charge is 0.478 e. The topological polar surface area (TPSA) is 69.6 Å². The Hall–Kier alpha value is -2.19. The summed E-state index contributed by atoms with van der Waals surface area (Å²) >= 11 is 5.82. The zero-order chi connectivity index (χ0) is 15.1. The summed E-state index contributed by atoms with van der Waals surface area (Å²) in [5, 5.41) is 11.9. The minimum absolute atomic E-state index is 0.0279. The minimum Gasteiger partial charge on any atom is -0.478 e. The third-order valence-corrected chi connectivity index (χ3v) is 2.75. The molecule has 0 heterocycles. The summed E-state index contributed by atoms with van der Waals surface area (Å²) in [6.07, 6.45) is 5.95. The molecule has 1 aromatic carbocycles. The van der Waals surface area contributed by atoms with Crippen LogP contribution in [0.2, 0.25) is 5.02 Å². The highest BCUT2D eigenvalue weighted by Gasteiger charge is 2.16. The lowest BCUT2D eigenvalue weighted by Crippen LogP contribution is -2.36. The number of hydrogen-bond donors (Lipinski definition) is 2. The summed E-state index contributed by atoms with van der Waals surface area (Å²) in [4.78, 5) is 24.6. The Bertz CT molecular complexity index is 552. The molecule has 0 spiro atoms. The molecule has 0 saturated heterocycles. The highest BCUT2D eigenvalue weighted by Crippen LogP contribution is 2.21. The quantitative estimate of drug-likeness (QED) is 0.820. The van der Waals surface area contributed by atoms with Gasteiger partial charge in [-0.2, -0.15) is 0 Å². The van der Waals surface area contributed by atoms with Crippen LogP contribution in [0.15, 0.2) is 18.2 Å². The number of benzene rings is 1. The van der Waals surface area contributed by atoms with Crippen LogP contribution in [0, 0.1) is 12.3 Å². The van der Waals surface area contributed by atoms with Gasteiger partial charge in [-0.3, -0.25) is 0 Å². The number of carboxylic acids is 1. The number of nitrogens with one attached hydrogen (secondary N) is 1. The van der Waals surface area contributed by atoms with E-state index in [9.17, 15) is 9.59 Å². The molecule has 0 aromatic heterocycles. The van der Waals surface area contributed by atoms with Crippen LogP contribution in [0.4, 0.5) is 10.5 Å². The Labute approximate surface area is 122 Å². The minimum atomic E-state index is -1.14. The fraction of sp³-hybridized carbons (Fsp3) is 0.286. The first-order valence-corrected chi connectivity index (χ1v) is 6.39. The average molecular weight is 295 g/mol. The van der Waals surface area contributed by atoms with Crippen LogP contribution in [0.1, 0.15) is 23.7 Å². The van der Waals surface area contributed by atoms with E-state index in [4.69, 9.17) is 23.1 Å². The Morgan fingerprint density at radius 1 is 1.50 bits per heavy atom. The van der Waals surface area contributed by atoms with E-state index in [0.29, 0.717) is 11.6 Å². The molecule has 0 radical (unpaired) electrons. The number of carbonyl (C=O) groups is 2. The Balaban J connectivity index is 2.96. The van der Waals surface area contributed by atoms with E-state index in [1.165, 1.54) is 23.1 Å². The lowest BCUT2D eigenvalue weighted by atomic mass is 10.2. The zero-order valence-corrected chi connectivity index (χ0v) is 11.8. The van der Waals surface area contributed by atoms with Crippen LogP contribution in [0.25, 0.3) is 0 Å². The van der Waals surface area contributed by atoms with E-state index in [1.807, 2.05) is 6.92 Å². The Kier molecular flexibility index (Phi) is 5.88. The van der Waals surface area contributed by atoms with Gasteiger partial charge in [0.05, 0.1) is 17.8 Å². The molecule has 0 aliphatic heterocycles. The van der Waals surface area contributed by atoms with Crippen molar-refractivity contribution < 1.29 is 14.7 Å². The van der Waals surface area contributed by atoms with E-state index in [2.05, 4.69) is 11.2 Å². The molecule has 0 bridgehead atoms. The number of nitrogens with zero attached hydrogens (tertiary/aromatic N) is 1. The van der Waals surface area contributed by atoms with Crippen molar-refractivity contribution in [3.05, 3.63) is 28.8 Å². The summed E-state index contributed by atoms with van der Waals surface area (Å²) in [5.41, 5.74) is 0.119. The molecule has 20 heavy (non-hydrogen) atoms. The number of carbonyl (C=O) groups excluding carboxylic acids is 1. The average Bonchev–Trinajstić information content (AvgIpc) is 2.38. The molecule has 0 fully saturated rings. The molecule has 1 aromatic rings. The number of urea groups is 1.